The summed E-state index contributed by atoms with van der Waals surface area (Å²) in [6.07, 6.45) is 2.43. The fourth-order valence-electron chi connectivity index (χ4n) is 1.78. The number of nitrogens with zero attached hydrogens (tertiary/aromatic N) is 2. The van der Waals surface area contributed by atoms with Crippen molar-refractivity contribution in [1.82, 2.24) is 15.3 Å². The highest BCUT2D eigenvalue weighted by Crippen LogP contribution is 2.22. The molecule has 1 aromatic heterocycles. The van der Waals surface area contributed by atoms with Crippen LogP contribution in [0.25, 0.3) is 0 Å². The van der Waals surface area contributed by atoms with Crippen LogP contribution in [0.2, 0.25) is 5.02 Å². The lowest BCUT2D eigenvalue weighted by Gasteiger charge is -2.17. The van der Waals surface area contributed by atoms with Gasteiger partial charge in [-0.25, -0.2) is 4.98 Å². The highest BCUT2D eigenvalue weighted by molar-refractivity contribution is 6.32. The van der Waals surface area contributed by atoms with E-state index >= 15 is 0 Å². The summed E-state index contributed by atoms with van der Waals surface area (Å²) in [7, 11) is 1.93. The number of rotatable bonds is 2. The minimum absolute atomic E-state index is 0.175. The number of hydrogen-bond acceptors (Lipinski definition) is 4. The number of aromatic amines is 1. The average Bonchev–Trinajstić information content (AvgIpc) is 2.70. The van der Waals surface area contributed by atoms with E-state index < -0.39 is 0 Å². The van der Waals surface area contributed by atoms with Crippen molar-refractivity contribution < 1.29 is 0 Å². The number of halogens is 1. The lowest BCUT2D eigenvalue weighted by Crippen LogP contribution is -2.30. The molecule has 2 rings (SSSR count). The quantitative estimate of drug-likeness (QED) is 0.761. The number of hydrogen-bond donors (Lipinski definition) is 2. The average molecular weight is 229 g/mol. The molecule has 5 nitrogen and oxygen atoms in total. The van der Waals surface area contributed by atoms with Crippen molar-refractivity contribution in [2.75, 3.05) is 25.0 Å². The Morgan fingerprint density at radius 1 is 1.73 bits per heavy atom. The fourth-order valence-corrected chi connectivity index (χ4v) is 2.01. The van der Waals surface area contributed by atoms with E-state index in [1.54, 1.807) is 0 Å². The molecule has 2 N–H and O–H groups in total. The van der Waals surface area contributed by atoms with Crippen molar-refractivity contribution in [3.05, 3.63) is 21.7 Å². The van der Waals surface area contributed by atoms with Gasteiger partial charge in [-0.15, -0.1) is 0 Å². The molecule has 1 aliphatic rings. The van der Waals surface area contributed by atoms with E-state index in [0.29, 0.717) is 11.9 Å². The molecular weight excluding hydrogens is 216 g/mol. The zero-order valence-corrected chi connectivity index (χ0v) is 9.21. The largest absolute Gasteiger partial charge is 0.354 e. The first-order chi connectivity index (χ1) is 7.22. The van der Waals surface area contributed by atoms with E-state index in [-0.39, 0.29) is 10.6 Å². The van der Waals surface area contributed by atoms with E-state index in [1.807, 2.05) is 11.9 Å². The maximum Gasteiger partial charge on any atom is 0.271 e. The first kappa shape index (κ1) is 10.4. The van der Waals surface area contributed by atoms with Crippen LogP contribution in [-0.4, -0.2) is 36.1 Å². The third kappa shape index (κ3) is 1.98. The first-order valence-electron chi connectivity index (χ1n) is 4.87. The Hall–Kier alpha value is -1.07. The number of H-pyrrole nitrogens is 1. The van der Waals surface area contributed by atoms with Crippen molar-refractivity contribution in [2.45, 2.75) is 12.5 Å². The van der Waals surface area contributed by atoms with Gasteiger partial charge in [-0.2, -0.15) is 0 Å². The Balaban J connectivity index is 2.24. The maximum absolute atomic E-state index is 11.3. The Morgan fingerprint density at radius 2 is 2.53 bits per heavy atom. The molecule has 2 heterocycles. The van der Waals surface area contributed by atoms with Gasteiger partial charge < -0.3 is 15.2 Å². The van der Waals surface area contributed by atoms with Gasteiger partial charge in [-0.3, -0.25) is 4.79 Å². The summed E-state index contributed by atoms with van der Waals surface area (Å²) in [5.74, 6) is 0.582. The van der Waals surface area contributed by atoms with Gasteiger partial charge >= 0.3 is 0 Å². The summed E-state index contributed by atoms with van der Waals surface area (Å²) < 4.78 is 0. The monoisotopic (exact) mass is 228 g/mol. The van der Waals surface area contributed by atoms with Gasteiger partial charge in [0, 0.05) is 19.1 Å². The second kappa shape index (κ2) is 4.20. The summed E-state index contributed by atoms with van der Waals surface area (Å²) in [4.78, 5) is 19.9. The summed E-state index contributed by atoms with van der Waals surface area (Å²) in [5, 5.41) is 3.37. The molecule has 0 spiro atoms. The van der Waals surface area contributed by atoms with Crippen molar-refractivity contribution in [1.29, 1.82) is 0 Å². The van der Waals surface area contributed by atoms with E-state index in [4.69, 9.17) is 11.6 Å². The van der Waals surface area contributed by atoms with Crippen molar-refractivity contribution in [3.63, 3.8) is 0 Å². The van der Waals surface area contributed by atoms with Crippen LogP contribution >= 0.6 is 11.6 Å². The summed E-state index contributed by atoms with van der Waals surface area (Å²) in [6.45, 7) is 1.72. The molecule has 0 aliphatic carbocycles. The molecule has 0 amide bonds. The predicted octanol–water partition coefficient (Wildman–Crippen LogP) is 0.221. The molecule has 0 bridgehead atoms. The second-order valence-electron chi connectivity index (χ2n) is 3.59. The Morgan fingerprint density at radius 3 is 3.20 bits per heavy atom. The third-order valence-electron chi connectivity index (χ3n) is 2.67. The molecule has 0 saturated carbocycles. The van der Waals surface area contributed by atoms with Crippen LogP contribution in [-0.2, 0) is 0 Å². The standard InChI is InChI=1S/C9H13ClN4O/c1-11-6-2-3-14(4-6)8-7(10)9(15)13-5-12-8/h5-6,11H,2-4H2,1H3,(H,12,13,15). The lowest BCUT2D eigenvalue weighted by atomic mass is 10.3. The molecule has 1 atom stereocenters. The van der Waals surface area contributed by atoms with Crippen LogP contribution in [0.3, 0.4) is 0 Å². The normalized spacial score (nSPS) is 20.9. The van der Waals surface area contributed by atoms with Crippen molar-refractivity contribution in [3.8, 4) is 0 Å². The van der Waals surface area contributed by atoms with Crippen molar-refractivity contribution >= 4 is 17.4 Å². The van der Waals surface area contributed by atoms with Gasteiger partial charge in [0.1, 0.15) is 5.02 Å². The molecule has 82 valence electrons. The molecule has 6 heteroatoms. The molecule has 1 aliphatic heterocycles. The number of likely N-dealkylation sites (N-methyl/N-ethyl adjacent to an activating group) is 1. The zero-order valence-electron chi connectivity index (χ0n) is 8.46. The minimum Gasteiger partial charge on any atom is -0.354 e. The number of nitrogens with one attached hydrogen (secondary N) is 2. The van der Waals surface area contributed by atoms with E-state index in [2.05, 4.69) is 15.3 Å². The molecule has 1 aromatic rings. The Kier molecular flexibility index (Phi) is 2.93. The topological polar surface area (TPSA) is 61.0 Å². The lowest BCUT2D eigenvalue weighted by molar-refractivity contribution is 0.616. The predicted molar refractivity (Wildman–Crippen MR) is 59.5 cm³/mol. The highest BCUT2D eigenvalue weighted by atomic mass is 35.5. The zero-order chi connectivity index (χ0) is 10.8. The van der Waals surface area contributed by atoms with Crippen LogP contribution in [0, 0.1) is 0 Å². The maximum atomic E-state index is 11.3. The van der Waals surface area contributed by atoms with Crippen molar-refractivity contribution in [2.24, 2.45) is 0 Å². The smallest absolute Gasteiger partial charge is 0.271 e. The third-order valence-corrected chi connectivity index (χ3v) is 3.01. The van der Waals surface area contributed by atoms with Crippen LogP contribution in [0.1, 0.15) is 6.42 Å². The molecule has 0 radical (unpaired) electrons. The van der Waals surface area contributed by atoms with Gasteiger partial charge in [-0.05, 0) is 13.5 Å². The fraction of sp³-hybridized carbons (Fsp3) is 0.556. The molecule has 1 unspecified atom stereocenters. The Labute approximate surface area is 92.5 Å². The minimum atomic E-state index is -0.283. The highest BCUT2D eigenvalue weighted by Gasteiger charge is 2.24. The summed E-state index contributed by atoms with van der Waals surface area (Å²) in [5.41, 5.74) is -0.283. The van der Waals surface area contributed by atoms with Crippen LogP contribution in [0.5, 0.6) is 0 Å². The van der Waals surface area contributed by atoms with Gasteiger partial charge in [0.05, 0.1) is 6.33 Å². The van der Waals surface area contributed by atoms with E-state index in [0.717, 1.165) is 19.5 Å². The Bertz CT molecular complexity index is 405. The molecule has 1 fully saturated rings. The molecule has 1 saturated heterocycles. The number of anilines is 1. The SMILES string of the molecule is CNC1CCN(c2nc[nH]c(=O)c2Cl)C1. The van der Waals surface area contributed by atoms with Gasteiger partial charge in [0.15, 0.2) is 5.82 Å². The molecule has 15 heavy (non-hydrogen) atoms. The van der Waals surface area contributed by atoms with E-state index in [1.165, 1.54) is 6.33 Å². The van der Waals surface area contributed by atoms with E-state index in [9.17, 15) is 4.79 Å². The van der Waals surface area contributed by atoms with Crippen LogP contribution in [0.15, 0.2) is 11.1 Å². The van der Waals surface area contributed by atoms with Crippen LogP contribution < -0.4 is 15.8 Å². The molecular formula is C9H13ClN4O. The van der Waals surface area contributed by atoms with Crippen LogP contribution in [0.4, 0.5) is 5.82 Å². The summed E-state index contributed by atoms with van der Waals surface area (Å²) >= 11 is 5.90. The van der Waals surface area contributed by atoms with Gasteiger partial charge in [0.25, 0.3) is 5.56 Å². The first-order valence-corrected chi connectivity index (χ1v) is 5.25. The molecule has 0 aromatic carbocycles. The van der Waals surface area contributed by atoms with Gasteiger partial charge in [-0.1, -0.05) is 11.6 Å². The number of aromatic nitrogens is 2. The summed E-state index contributed by atoms with van der Waals surface area (Å²) in [6, 6.07) is 0.446. The second-order valence-corrected chi connectivity index (χ2v) is 3.97. The van der Waals surface area contributed by atoms with Gasteiger partial charge in [0.2, 0.25) is 0 Å².